The number of halogens is 2. The number of carbonyl (C=O) groups excluding carboxylic acids is 1. The van der Waals surface area contributed by atoms with Crippen LogP contribution in [0, 0.1) is 0 Å². The van der Waals surface area contributed by atoms with E-state index < -0.39 is 0 Å². The van der Waals surface area contributed by atoms with Crippen LogP contribution in [-0.4, -0.2) is 41.5 Å². The number of benzene rings is 2. The van der Waals surface area contributed by atoms with E-state index in [4.69, 9.17) is 4.98 Å². The highest BCUT2D eigenvalue weighted by Gasteiger charge is 2.27. The van der Waals surface area contributed by atoms with Crippen molar-refractivity contribution in [2.75, 3.05) is 19.6 Å². The molecular formula is C24H29Cl2N3O. The van der Waals surface area contributed by atoms with Crippen LogP contribution in [-0.2, 0) is 0 Å². The molecule has 0 bridgehead atoms. The number of aromatic nitrogens is 1. The molecule has 1 saturated heterocycles. The molecule has 4 rings (SSSR count). The molecule has 3 aromatic rings. The number of hydrogen-bond acceptors (Lipinski definition) is 3. The van der Waals surface area contributed by atoms with Gasteiger partial charge in [0.15, 0.2) is 0 Å². The monoisotopic (exact) mass is 445 g/mol. The van der Waals surface area contributed by atoms with E-state index in [1.807, 2.05) is 60.7 Å². The van der Waals surface area contributed by atoms with Crippen molar-refractivity contribution in [1.29, 1.82) is 0 Å². The fourth-order valence-electron chi connectivity index (χ4n) is 4.07. The Bertz CT molecular complexity index is 959. The Labute approximate surface area is 190 Å². The number of nitrogens with one attached hydrogen (secondary N) is 1. The van der Waals surface area contributed by atoms with Crippen molar-refractivity contribution in [1.82, 2.24) is 15.2 Å². The standard InChI is InChI=1S/C24H27N3O.2ClH/c1-2-16-27(19-12-14-25-15-13-19)24(28)21-17-23(18-8-4-3-5-9-18)26-22-11-7-6-10-20(21)22;;/h3-11,17,19,25H,2,12-16H2,1H3;2*1H. The number of fused-ring (bicyclic) bond motifs is 1. The first-order valence-electron chi connectivity index (χ1n) is 10.2. The molecule has 30 heavy (non-hydrogen) atoms. The molecule has 0 aliphatic carbocycles. The Morgan fingerprint density at radius 2 is 1.70 bits per heavy atom. The van der Waals surface area contributed by atoms with E-state index in [0.717, 1.165) is 66.6 Å². The summed E-state index contributed by atoms with van der Waals surface area (Å²) in [6.45, 7) is 4.89. The highest BCUT2D eigenvalue weighted by molar-refractivity contribution is 6.07. The second-order valence-corrected chi connectivity index (χ2v) is 7.42. The Morgan fingerprint density at radius 3 is 2.40 bits per heavy atom. The van der Waals surface area contributed by atoms with Crippen LogP contribution in [0.3, 0.4) is 0 Å². The molecule has 0 unspecified atom stereocenters. The Kier molecular flexibility index (Phi) is 9.09. The van der Waals surface area contributed by atoms with E-state index >= 15 is 0 Å². The van der Waals surface area contributed by atoms with Crippen LogP contribution in [0.2, 0.25) is 0 Å². The predicted molar refractivity (Wildman–Crippen MR) is 129 cm³/mol. The number of carbonyl (C=O) groups is 1. The number of piperidine rings is 1. The fraction of sp³-hybridized carbons (Fsp3) is 0.333. The molecule has 0 atom stereocenters. The van der Waals surface area contributed by atoms with Crippen molar-refractivity contribution in [3.8, 4) is 11.3 Å². The van der Waals surface area contributed by atoms with Crippen LogP contribution in [0.5, 0.6) is 0 Å². The van der Waals surface area contributed by atoms with Gasteiger partial charge in [0.2, 0.25) is 0 Å². The zero-order valence-corrected chi connectivity index (χ0v) is 18.8. The van der Waals surface area contributed by atoms with Gasteiger partial charge in [-0.3, -0.25) is 4.79 Å². The van der Waals surface area contributed by atoms with E-state index in [2.05, 4.69) is 17.1 Å². The average Bonchev–Trinajstić information content (AvgIpc) is 2.77. The van der Waals surface area contributed by atoms with Gasteiger partial charge in [0, 0.05) is 23.5 Å². The number of amides is 1. The first-order valence-corrected chi connectivity index (χ1v) is 10.2. The molecule has 1 N–H and O–H groups in total. The van der Waals surface area contributed by atoms with Crippen molar-refractivity contribution in [3.63, 3.8) is 0 Å². The summed E-state index contributed by atoms with van der Waals surface area (Å²) in [4.78, 5) is 20.6. The summed E-state index contributed by atoms with van der Waals surface area (Å²) in [7, 11) is 0. The van der Waals surface area contributed by atoms with E-state index in [1.54, 1.807) is 0 Å². The minimum Gasteiger partial charge on any atom is -0.336 e. The minimum absolute atomic E-state index is 0. The largest absolute Gasteiger partial charge is 0.336 e. The van der Waals surface area contributed by atoms with Crippen LogP contribution < -0.4 is 5.32 Å². The number of nitrogens with zero attached hydrogens (tertiary/aromatic N) is 2. The highest BCUT2D eigenvalue weighted by atomic mass is 35.5. The molecule has 1 aliphatic rings. The first kappa shape index (κ1) is 24.1. The summed E-state index contributed by atoms with van der Waals surface area (Å²) in [5.74, 6) is 0.129. The average molecular weight is 446 g/mol. The highest BCUT2D eigenvalue weighted by Crippen LogP contribution is 2.27. The summed E-state index contributed by atoms with van der Waals surface area (Å²) in [5, 5.41) is 4.34. The van der Waals surface area contributed by atoms with Crippen LogP contribution >= 0.6 is 24.8 Å². The van der Waals surface area contributed by atoms with Gasteiger partial charge in [-0.15, -0.1) is 24.8 Å². The molecule has 1 amide bonds. The summed E-state index contributed by atoms with van der Waals surface area (Å²) >= 11 is 0. The summed E-state index contributed by atoms with van der Waals surface area (Å²) in [6.07, 6.45) is 2.99. The van der Waals surface area contributed by atoms with Crippen LogP contribution in [0.15, 0.2) is 60.7 Å². The molecule has 160 valence electrons. The lowest BCUT2D eigenvalue weighted by molar-refractivity contribution is 0.0644. The molecule has 0 saturated carbocycles. The maximum atomic E-state index is 13.7. The second kappa shape index (κ2) is 11.3. The Balaban J connectivity index is 0.00000160. The van der Waals surface area contributed by atoms with Crippen molar-refractivity contribution in [2.24, 2.45) is 0 Å². The van der Waals surface area contributed by atoms with Crippen LogP contribution in [0.1, 0.15) is 36.5 Å². The predicted octanol–water partition coefficient (Wildman–Crippen LogP) is 5.35. The lowest BCUT2D eigenvalue weighted by atomic mass is 10.00. The number of hydrogen-bond donors (Lipinski definition) is 1. The number of para-hydroxylation sites is 1. The minimum atomic E-state index is 0. The molecule has 0 radical (unpaired) electrons. The van der Waals surface area contributed by atoms with Crippen molar-refractivity contribution in [3.05, 3.63) is 66.2 Å². The third-order valence-corrected chi connectivity index (χ3v) is 5.49. The van der Waals surface area contributed by atoms with Gasteiger partial charge in [-0.05, 0) is 44.5 Å². The maximum Gasteiger partial charge on any atom is 0.254 e. The smallest absolute Gasteiger partial charge is 0.254 e. The molecule has 2 heterocycles. The molecular weight excluding hydrogens is 417 g/mol. The van der Waals surface area contributed by atoms with Crippen LogP contribution in [0.25, 0.3) is 22.2 Å². The maximum absolute atomic E-state index is 13.7. The quantitative estimate of drug-likeness (QED) is 0.575. The third-order valence-electron chi connectivity index (χ3n) is 5.49. The molecule has 1 aliphatic heterocycles. The van der Waals surface area contributed by atoms with E-state index in [9.17, 15) is 4.79 Å². The van der Waals surface area contributed by atoms with Gasteiger partial charge in [-0.2, -0.15) is 0 Å². The summed E-state index contributed by atoms with van der Waals surface area (Å²) in [6, 6.07) is 20.3. The van der Waals surface area contributed by atoms with Gasteiger partial charge in [0.25, 0.3) is 5.91 Å². The van der Waals surface area contributed by atoms with Crippen molar-refractivity contribution >= 4 is 41.6 Å². The van der Waals surface area contributed by atoms with Crippen LogP contribution in [0.4, 0.5) is 0 Å². The zero-order chi connectivity index (χ0) is 19.3. The second-order valence-electron chi connectivity index (χ2n) is 7.42. The van der Waals surface area contributed by atoms with Crippen molar-refractivity contribution < 1.29 is 4.79 Å². The van der Waals surface area contributed by atoms with E-state index in [0.29, 0.717) is 6.04 Å². The molecule has 6 heteroatoms. The molecule has 0 spiro atoms. The number of rotatable bonds is 5. The SMILES string of the molecule is CCCN(C(=O)c1cc(-c2ccccc2)nc2ccccc12)C1CCNCC1.Cl.Cl. The Hall–Kier alpha value is -2.14. The van der Waals surface area contributed by atoms with Gasteiger partial charge in [0.05, 0.1) is 16.8 Å². The van der Waals surface area contributed by atoms with Gasteiger partial charge in [-0.25, -0.2) is 4.98 Å². The lowest BCUT2D eigenvalue weighted by Crippen LogP contribution is -2.46. The van der Waals surface area contributed by atoms with Gasteiger partial charge >= 0.3 is 0 Å². The summed E-state index contributed by atoms with van der Waals surface area (Å²) in [5.41, 5.74) is 3.51. The Morgan fingerprint density at radius 1 is 1.03 bits per heavy atom. The van der Waals surface area contributed by atoms with Crippen molar-refractivity contribution in [2.45, 2.75) is 32.2 Å². The van der Waals surface area contributed by atoms with Gasteiger partial charge in [0.1, 0.15) is 0 Å². The number of pyridine rings is 1. The fourth-order valence-corrected chi connectivity index (χ4v) is 4.07. The van der Waals surface area contributed by atoms with E-state index in [1.165, 1.54) is 0 Å². The molecule has 4 nitrogen and oxygen atoms in total. The first-order chi connectivity index (χ1) is 13.8. The molecule has 1 fully saturated rings. The summed E-state index contributed by atoms with van der Waals surface area (Å²) < 4.78 is 0. The topological polar surface area (TPSA) is 45.2 Å². The molecule has 2 aromatic carbocycles. The third kappa shape index (κ3) is 5.12. The zero-order valence-electron chi connectivity index (χ0n) is 17.2. The van der Waals surface area contributed by atoms with Gasteiger partial charge < -0.3 is 10.2 Å². The van der Waals surface area contributed by atoms with E-state index in [-0.39, 0.29) is 30.7 Å². The molecule has 1 aromatic heterocycles. The lowest BCUT2D eigenvalue weighted by Gasteiger charge is -2.35. The van der Waals surface area contributed by atoms with Gasteiger partial charge in [-0.1, -0.05) is 55.5 Å². The normalized spacial score (nSPS) is 13.9.